The summed E-state index contributed by atoms with van der Waals surface area (Å²) in [6, 6.07) is 11.1. The Kier molecular flexibility index (Phi) is 3.92. The van der Waals surface area contributed by atoms with Gasteiger partial charge < -0.3 is 19.9 Å². The Morgan fingerprint density at radius 2 is 1.71 bits per heavy atom. The average molecular weight is 350 g/mol. The van der Waals surface area contributed by atoms with Crippen LogP contribution in [0.5, 0.6) is 17.2 Å². The lowest BCUT2D eigenvalue weighted by Crippen LogP contribution is -2.16. The molecule has 2 aromatic carbocycles. The molecule has 2 N–H and O–H groups in total. The van der Waals surface area contributed by atoms with E-state index < -0.39 is 0 Å². The van der Waals surface area contributed by atoms with Crippen LogP contribution in [0.1, 0.15) is 18.5 Å². The van der Waals surface area contributed by atoms with Crippen LogP contribution in [0.3, 0.4) is 0 Å². The van der Waals surface area contributed by atoms with Crippen LogP contribution in [0, 0.1) is 0 Å². The van der Waals surface area contributed by atoms with Gasteiger partial charge in [-0.25, -0.2) is 0 Å². The molecule has 1 atom stereocenters. The van der Waals surface area contributed by atoms with Crippen molar-refractivity contribution in [3.63, 3.8) is 0 Å². The third-order valence-corrected chi connectivity index (χ3v) is 4.05. The van der Waals surface area contributed by atoms with E-state index in [1.165, 1.54) is 0 Å². The molecule has 0 aromatic heterocycles. The standard InChI is InChI=1S/C16H16BrNO3/c1-10(11-2-4-12(19)5-3-11)18-14-9-16-15(8-13(14)17)20-6-7-21-16/h2-5,8-10,18-19H,6-7H2,1H3. The van der Waals surface area contributed by atoms with Crippen LogP contribution in [-0.4, -0.2) is 18.3 Å². The van der Waals surface area contributed by atoms with Crippen molar-refractivity contribution in [3.8, 4) is 17.2 Å². The molecule has 0 spiro atoms. The first-order chi connectivity index (χ1) is 10.1. The molecule has 0 saturated carbocycles. The number of phenolic OH excluding ortho intramolecular Hbond substituents is 1. The van der Waals surface area contributed by atoms with E-state index in [0.717, 1.165) is 27.2 Å². The van der Waals surface area contributed by atoms with E-state index in [1.54, 1.807) is 12.1 Å². The van der Waals surface area contributed by atoms with Crippen molar-refractivity contribution in [3.05, 3.63) is 46.4 Å². The number of nitrogens with one attached hydrogen (secondary N) is 1. The maximum absolute atomic E-state index is 9.35. The molecule has 2 aromatic rings. The number of fused-ring (bicyclic) bond motifs is 1. The van der Waals surface area contributed by atoms with Gasteiger partial charge in [-0.1, -0.05) is 12.1 Å². The molecule has 5 heteroatoms. The van der Waals surface area contributed by atoms with Crippen molar-refractivity contribution in [1.82, 2.24) is 0 Å². The summed E-state index contributed by atoms with van der Waals surface area (Å²) in [4.78, 5) is 0. The normalized spacial score (nSPS) is 14.6. The Bertz CT molecular complexity index is 643. The lowest BCUT2D eigenvalue weighted by atomic mass is 10.1. The monoisotopic (exact) mass is 349 g/mol. The van der Waals surface area contributed by atoms with E-state index in [4.69, 9.17) is 9.47 Å². The number of ether oxygens (including phenoxy) is 2. The molecular formula is C16H16BrNO3. The van der Waals surface area contributed by atoms with Crippen LogP contribution < -0.4 is 14.8 Å². The maximum Gasteiger partial charge on any atom is 0.163 e. The van der Waals surface area contributed by atoms with Crippen molar-refractivity contribution >= 4 is 21.6 Å². The minimum Gasteiger partial charge on any atom is -0.508 e. The highest BCUT2D eigenvalue weighted by Crippen LogP contribution is 2.39. The first-order valence-electron chi connectivity index (χ1n) is 6.78. The zero-order valence-corrected chi connectivity index (χ0v) is 13.2. The molecule has 0 amide bonds. The number of hydrogen-bond acceptors (Lipinski definition) is 4. The second-order valence-electron chi connectivity index (χ2n) is 4.93. The Balaban J connectivity index is 1.82. The highest BCUT2D eigenvalue weighted by atomic mass is 79.9. The fraction of sp³-hybridized carbons (Fsp3) is 0.250. The average Bonchev–Trinajstić information content (AvgIpc) is 2.48. The number of anilines is 1. The van der Waals surface area contributed by atoms with Gasteiger partial charge in [0.05, 0.1) is 5.69 Å². The fourth-order valence-electron chi connectivity index (χ4n) is 2.25. The van der Waals surface area contributed by atoms with Gasteiger partial charge in [0, 0.05) is 22.6 Å². The zero-order chi connectivity index (χ0) is 14.8. The molecule has 1 unspecified atom stereocenters. The quantitative estimate of drug-likeness (QED) is 0.875. The first-order valence-corrected chi connectivity index (χ1v) is 7.57. The summed E-state index contributed by atoms with van der Waals surface area (Å²) in [5.41, 5.74) is 2.04. The van der Waals surface area contributed by atoms with E-state index in [-0.39, 0.29) is 11.8 Å². The number of hydrogen-bond donors (Lipinski definition) is 2. The van der Waals surface area contributed by atoms with Gasteiger partial charge in [-0.05, 0) is 40.5 Å². The second kappa shape index (κ2) is 5.85. The molecule has 1 heterocycles. The third-order valence-electron chi connectivity index (χ3n) is 3.40. The van der Waals surface area contributed by atoms with Crippen LogP contribution in [0.2, 0.25) is 0 Å². The van der Waals surface area contributed by atoms with Crippen molar-refractivity contribution in [2.75, 3.05) is 18.5 Å². The predicted molar refractivity (Wildman–Crippen MR) is 85.3 cm³/mol. The van der Waals surface area contributed by atoms with Gasteiger partial charge in [-0.15, -0.1) is 0 Å². The lowest BCUT2D eigenvalue weighted by molar-refractivity contribution is 0.171. The van der Waals surface area contributed by atoms with E-state index in [1.807, 2.05) is 24.3 Å². The van der Waals surface area contributed by atoms with Crippen molar-refractivity contribution < 1.29 is 14.6 Å². The molecule has 0 radical (unpaired) electrons. The lowest BCUT2D eigenvalue weighted by Gasteiger charge is -2.22. The van der Waals surface area contributed by atoms with Gasteiger partial charge in [0.1, 0.15) is 19.0 Å². The molecular weight excluding hydrogens is 334 g/mol. The highest BCUT2D eigenvalue weighted by Gasteiger charge is 2.16. The van der Waals surface area contributed by atoms with Gasteiger partial charge in [0.15, 0.2) is 11.5 Å². The SMILES string of the molecule is CC(Nc1cc2c(cc1Br)OCCO2)c1ccc(O)cc1. The van der Waals surface area contributed by atoms with Crippen LogP contribution in [0.15, 0.2) is 40.9 Å². The zero-order valence-electron chi connectivity index (χ0n) is 11.6. The van der Waals surface area contributed by atoms with Gasteiger partial charge in [0.25, 0.3) is 0 Å². The smallest absolute Gasteiger partial charge is 0.163 e. The molecule has 1 aliphatic rings. The first kappa shape index (κ1) is 14.1. The highest BCUT2D eigenvalue weighted by molar-refractivity contribution is 9.10. The number of rotatable bonds is 3. The Hall–Kier alpha value is -1.88. The van der Waals surface area contributed by atoms with Crippen molar-refractivity contribution in [1.29, 1.82) is 0 Å². The van der Waals surface area contributed by atoms with E-state index in [9.17, 15) is 5.11 Å². The van der Waals surface area contributed by atoms with Crippen LogP contribution >= 0.6 is 15.9 Å². The fourth-order valence-corrected chi connectivity index (χ4v) is 2.69. The molecule has 21 heavy (non-hydrogen) atoms. The predicted octanol–water partition coefficient (Wildman–Crippen LogP) is 4.10. The Morgan fingerprint density at radius 1 is 1.10 bits per heavy atom. The van der Waals surface area contributed by atoms with Gasteiger partial charge in [0.2, 0.25) is 0 Å². The summed E-state index contributed by atoms with van der Waals surface area (Å²) in [5.74, 6) is 1.78. The Morgan fingerprint density at radius 3 is 2.38 bits per heavy atom. The minimum absolute atomic E-state index is 0.101. The van der Waals surface area contributed by atoms with E-state index >= 15 is 0 Å². The molecule has 110 valence electrons. The number of aromatic hydroxyl groups is 1. The van der Waals surface area contributed by atoms with Gasteiger partial charge >= 0.3 is 0 Å². The summed E-state index contributed by atoms with van der Waals surface area (Å²) in [5, 5.41) is 12.8. The molecule has 0 bridgehead atoms. The van der Waals surface area contributed by atoms with Crippen LogP contribution in [-0.2, 0) is 0 Å². The largest absolute Gasteiger partial charge is 0.508 e. The van der Waals surface area contributed by atoms with E-state index in [2.05, 4.69) is 28.2 Å². The number of halogens is 1. The minimum atomic E-state index is 0.101. The number of phenols is 1. The second-order valence-corrected chi connectivity index (χ2v) is 5.79. The third kappa shape index (κ3) is 3.08. The summed E-state index contributed by atoms with van der Waals surface area (Å²) in [6.45, 7) is 3.22. The van der Waals surface area contributed by atoms with E-state index in [0.29, 0.717) is 13.2 Å². The van der Waals surface area contributed by atoms with Crippen molar-refractivity contribution in [2.45, 2.75) is 13.0 Å². The van der Waals surface area contributed by atoms with Gasteiger partial charge in [-0.2, -0.15) is 0 Å². The summed E-state index contributed by atoms with van der Waals surface area (Å²) in [6.07, 6.45) is 0. The maximum atomic E-state index is 9.35. The molecule has 0 aliphatic carbocycles. The molecule has 4 nitrogen and oxygen atoms in total. The summed E-state index contributed by atoms with van der Waals surface area (Å²) in [7, 11) is 0. The van der Waals surface area contributed by atoms with Crippen LogP contribution in [0.25, 0.3) is 0 Å². The topological polar surface area (TPSA) is 50.7 Å². The number of benzene rings is 2. The summed E-state index contributed by atoms with van der Waals surface area (Å²) < 4.78 is 12.1. The van der Waals surface area contributed by atoms with Gasteiger partial charge in [-0.3, -0.25) is 0 Å². The molecule has 0 saturated heterocycles. The Labute approximate surface area is 131 Å². The van der Waals surface area contributed by atoms with Crippen LogP contribution in [0.4, 0.5) is 5.69 Å². The molecule has 3 rings (SSSR count). The molecule has 1 aliphatic heterocycles. The van der Waals surface area contributed by atoms with Crippen molar-refractivity contribution in [2.24, 2.45) is 0 Å². The summed E-state index contributed by atoms with van der Waals surface area (Å²) >= 11 is 3.55. The molecule has 0 fully saturated rings.